The molecule has 0 aromatic heterocycles. The van der Waals surface area contributed by atoms with Crippen molar-refractivity contribution in [1.82, 2.24) is 0 Å². The van der Waals surface area contributed by atoms with Gasteiger partial charge in [0, 0.05) is 24.9 Å². The molecule has 2 fully saturated rings. The normalized spacial score (nSPS) is 20.6. The molecule has 0 amide bonds. The second-order valence-electron chi connectivity index (χ2n) is 12.1. The van der Waals surface area contributed by atoms with E-state index in [1.165, 1.54) is 0 Å². The first-order chi connectivity index (χ1) is 23.5. The van der Waals surface area contributed by atoms with Crippen molar-refractivity contribution in [3.8, 4) is 23.0 Å². The molecule has 4 atom stereocenters. The van der Waals surface area contributed by atoms with E-state index in [9.17, 15) is 20.4 Å². The molecule has 0 N–H and O–H groups in total. The van der Waals surface area contributed by atoms with Gasteiger partial charge in [0.1, 0.15) is 0 Å². The first-order valence-electron chi connectivity index (χ1n) is 16.6. The van der Waals surface area contributed by atoms with Crippen LogP contribution in [0.25, 0.3) is 0 Å². The second-order valence-corrected chi connectivity index (χ2v) is 12.1. The maximum atomic E-state index is 11.8. The van der Waals surface area contributed by atoms with Crippen LogP contribution in [0.2, 0.25) is 0 Å². The van der Waals surface area contributed by atoms with E-state index in [2.05, 4.69) is 20.0 Å². The van der Waals surface area contributed by atoms with E-state index in [-0.39, 0.29) is 81.3 Å². The first-order valence-corrected chi connectivity index (χ1v) is 16.6. The molecule has 0 saturated heterocycles. The summed E-state index contributed by atoms with van der Waals surface area (Å²) in [5, 5.41) is 47.1. The zero-order valence-electron chi connectivity index (χ0n) is 27.5. The predicted molar refractivity (Wildman–Crippen MR) is 186 cm³/mol. The van der Waals surface area contributed by atoms with Crippen LogP contribution in [0.5, 0.6) is 23.0 Å². The van der Waals surface area contributed by atoms with Gasteiger partial charge in [-0.15, -0.1) is 23.0 Å². The fourth-order valence-corrected chi connectivity index (χ4v) is 5.93. The number of nitrogens with zero attached hydrogens (tertiary/aromatic N) is 4. The quantitative estimate of drug-likeness (QED) is 0.176. The van der Waals surface area contributed by atoms with Gasteiger partial charge in [-0.3, -0.25) is 20.0 Å². The van der Waals surface area contributed by atoms with E-state index in [0.29, 0.717) is 22.3 Å². The summed E-state index contributed by atoms with van der Waals surface area (Å²) >= 11 is 0. The first kappa shape index (κ1) is 40.2. The van der Waals surface area contributed by atoms with Crippen LogP contribution in [-0.4, -0.2) is 49.0 Å². The van der Waals surface area contributed by atoms with Gasteiger partial charge in [0.15, 0.2) is 0 Å². The van der Waals surface area contributed by atoms with Crippen molar-refractivity contribution < 1.29 is 54.6 Å². The molecule has 2 aliphatic rings. The van der Waals surface area contributed by atoms with Gasteiger partial charge >= 0.3 is 34.1 Å². The standard InChI is InChI=1S/2C20H22N2O2.2Cu/c2*23-19-11-5-1-7-15(19)13-21-17-9-3-4-10-18(17)22-14-16-8-2-6-12-20(16)24;;/h2*1-2,5-8,11-14,17-18,23-24H,3-4,9-10H2;;/q;;2*+2/p-4/t2*17-,18+;;. The molecule has 0 spiro atoms. The second kappa shape index (κ2) is 21.1. The number of hydrogen-bond acceptors (Lipinski definition) is 8. The molecule has 2 aliphatic carbocycles. The maximum Gasteiger partial charge on any atom is 2.00 e. The van der Waals surface area contributed by atoms with Crippen molar-refractivity contribution in [2.24, 2.45) is 20.0 Å². The zero-order valence-corrected chi connectivity index (χ0v) is 29.4. The minimum absolute atomic E-state index is 0. The molecule has 0 unspecified atom stereocenters. The van der Waals surface area contributed by atoms with Crippen molar-refractivity contribution in [3.63, 3.8) is 0 Å². The molecule has 8 nitrogen and oxygen atoms in total. The Labute approximate surface area is 315 Å². The molecule has 266 valence electrons. The Morgan fingerprint density at radius 1 is 0.360 bits per heavy atom. The number of aliphatic imine (C=N–C) groups is 4. The molecule has 2 saturated carbocycles. The van der Waals surface area contributed by atoms with Crippen LogP contribution in [-0.2, 0) is 34.1 Å². The molecule has 2 radical (unpaired) electrons. The molecule has 50 heavy (non-hydrogen) atoms. The average molecular weight is 768 g/mol. The van der Waals surface area contributed by atoms with Crippen LogP contribution < -0.4 is 20.4 Å². The third-order valence-corrected chi connectivity index (χ3v) is 8.68. The van der Waals surface area contributed by atoms with Crippen molar-refractivity contribution in [3.05, 3.63) is 119 Å². The average Bonchev–Trinajstić information content (AvgIpc) is 3.11. The van der Waals surface area contributed by atoms with Crippen molar-refractivity contribution in [1.29, 1.82) is 0 Å². The monoisotopic (exact) mass is 766 g/mol. The van der Waals surface area contributed by atoms with Crippen molar-refractivity contribution in [2.75, 3.05) is 0 Å². The summed E-state index contributed by atoms with van der Waals surface area (Å²) in [5.41, 5.74) is 2.43. The van der Waals surface area contributed by atoms with E-state index in [0.717, 1.165) is 51.4 Å². The zero-order chi connectivity index (χ0) is 33.6. The summed E-state index contributed by atoms with van der Waals surface area (Å²) in [6, 6.07) is 27.8. The Bertz CT molecular complexity index is 1490. The molecule has 0 bridgehead atoms. The number of rotatable bonds is 8. The number of benzene rings is 4. The van der Waals surface area contributed by atoms with Gasteiger partial charge in [-0.1, -0.05) is 123 Å². The van der Waals surface area contributed by atoms with E-state index in [1.807, 2.05) is 24.3 Å². The molecule has 0 aliphatic heterocycles. The summed E-state index contributed by atoms with van der Waals surface area (Å²) in [4.78, 5) is 18.5. The summed E-state index contributed by atoms with van der Waals surface area (Å²) in [6.07, 6.45) is 15.0. The minimum atomic E-state index is -0.0163. The molecular formula is C40H40Cu2N4O4. The van der Waals surface area contributed by atoms with E-state index < -0.39 is 0 Å². The van der Waals surface area contributed by atoms with Crippen LogP contribution in [0.3, 0.4) is 0 Å². The Morgan fingerprint density at radius 2 is 0.560 bits per heavy atom. The minimum Gasteiger partial charge on any atom is -0.872 e. The largest absolute Gasteiger partial charge is 2.00 e. The van der Waals surface area contributed by atoms with Crippen LogP contribution in [0.15, 0.2) is 117 Å². The van der Waals surface area contributed by atoms with Gasteiger partial charge in [0.2, 0.25) is 0 Å². The van der Waals surface area contributed by atoms with Crippen LogP contribution in [0.4, 0.5) is 0 Å². The Kier molecular flexibility index (Phi) is 17.0. The number of para-hydroxylation sites is 4. The Morgan fingerprint density at radius 3 is 0.760 bits per heavy atom. The van der Waals surface area contributed by atoms with Crippen molar-refractivity contribution >= 4 is 24.9 Å². The van der Waals surface area contributed by atoms with Gasteiger partial charge in [-0.05, 0) is 47.9 Å². The SMILES string of the molecule is [Cu+2].[Cu+2].[O-]c1ccccc1C=N[C@H]1CCCC[C@H]1N=Cc1ccccc1[O-].[O-]c1ccccc1C=N[C@H]1CCCC[C@H]1N=Cc1ccccc1[O-]. The van der Waals surface area contributed by atoms with Gasteiger partial charge < -0.3 is 20.4 Å². The summed E-state index contributed by atoms with van der Waals surface area (Å²) in [6.45, 7) is 0. The van der Waals surface area contributed by atoms with Crippen molar-refractivity contribution in [2.45, 2.75) is 75.5 Å². The predicted octanol–water partition coefficient (Wildman–Crippen LogP) is 5.36. The van der Waals surface area contributed by atoms with Crippen LogP contribution in [0, 0.1) is 0 Å². The summed E-state index contributed by atoms with van der Waals surface area (Å²) in [7, 11) is 0. The fourth-order valence-electron chi connectivity index (χ4n) is 5.93. The molecule has 10 heteroatoms. The topological polar surface area (TPSA) is 142 Å². The van der Waals surface area contributed by atoms with Gasteiger partial charge in [-0.2, -0.15) is 0 Å². The van der Waals surface area contributed by atoms with Gasteiger partial charge in [0.25, 0.3) is 0 Å². The molecular weight excluding hydrogens is 728 g/mol. The summed E-state index contributed by atoms with van der Waals surface area (Å²) in [5.74, 6) is -0.0652. The third kappa shape index (κ3) is 12.0. The van der Waals surface area contributed by atoms with Crippen LogP contribution >= 0.6 is 0 Å². The van der Waals surface area contributed by atoms with E-state index >= 15 is 0 Å². The van der Waals surface area contributed by atoms with Gasteiger partial charge in [-0.25, -0.2) is 0 Å². The third-order valence-electron chi connectivity index (χ3n) is 8.68. The fraction of sp³-hybridized carbons (Fsp3) is 0.300. The van der Waals surface area contributed by atoms with E-state index in [4.69, 9.17) is 0 Å². The summed E-state index contributed by atoms with van der Waals surface area (Å²) < 4.78 is 0. The molecule has 4 aromatic rings. The Balaban J connectivity index is 0.000000260. The maximum absolute atomic E-state index is 11.8. The van der Waals surface area contributed by atoms with E-state index in [1.54, 1.807) is 97.7 Å². The van der Waals surface area contributed by atoms with Crippen LogP contribution in [0.1, 0.15) is 73.6 Å². The Hall–Kier alpha value is -4.20. The molecule has 0 heterocycles. The van der Waals surface area contributed by atoms with Gasteiger partial charge in [0.05, 0.1) is 24.2 Å². The molecule has 6 rings (SSSR count). The number of hydrogen-bond donors (Lipinski definition) is 0. The molecule has 4 aromatic carbocycles. The smallest absolute Gasteiger partial charge is 0.872 e.